The van der Waals surface area contributed by atoms with Gasteiger partial charge in [-0.2, -0.15) is 0 Å². The number of aromatic nitrogens is 1. The molecule has 0 aliphatic heterocycles. The monoisotopic (exact) mass is 237 g/mol. The summed E-state index contributed by atoms with van der Waals surface area (Å²) in [6.07, 6.45) is 1.99. The molecule has 2 nitrogen and oxygen atoms in total. The number of H-pyrrole nitrogens is 1. The van der Waals surface area contributed by atoms with E-state index < -0.39 is 0 Å². The Morgan fingerprint density at radius 1 is 1.00 bits per heavy atom. The molecule has 0 saturated carbocycles. The van der Waals surface area contributed by atoms with Gasteiger partial charge in [-0.3, -0.25) is 0 Å². The van der Waals surface area contributed by atoms with Gasteiger partial charge >= 0.3 is 0 Å². The highest BCUT2D eigenvalue weighted by Gasteiger charge is 2.15. The number of benzene rings is 2. The first-order valence-electron chi connectivity index (χ1n) is 6.11. The van der Waals surface area contributed by atoms with Crippen LogP contribution in [0.4, 0.5) is 0 Å². The molecule has 3 rings (SSSR count). The number of hydrogen-bond acceptors (Lipinski definition) is 1. The van der Waals surface area contributed by atoms with Gasteiger partial charge in [0.15, 0.2) is 0 Å². The molecule has 1 heterocycles. The smallest absolute Gasteiger partial charge is 0.125 e. The van der Waals surface area contributed by atoms with E-state index in [2.05, 4.69) is 24.0 Å². The molecular weight excluding hydrogens is 222 g/mol. The summed E-state index contributed by atoms with van der Waals surface area (Å²) in [5.41, 5.74) is 3.36. The molecule has 0 fully saturated rings. The van der Waals surface area contributed by atoms with Crippen molar-refractivity contribution in [3.8, 4) is 5.75 Å². The van der Waals surface area contributed by atoms with Gasteiger partial charge in [-0.05, 0) is 23.3 Å². The first kappa shape index (κ1) is 10.9. The van der Waals surface area contributed by atoms with Crippen molar-refractivity contribution in [3.05, 3.63) is 65.9 Å². The van der Waals surface area contributed by atoms with E-state index in [1.54, 1.807) is 6.07 Å². The van der Waals surface area contributed by atoms with E-state index in [1.165, 1.54) is 5.56 Å². The fourth-order valence-corrected chi connectivity index (χ4v) is 2.45. The summed E-state index contributed by atoms with van der Waals surface area (Å²) in [5.74, 6) is 0.597. The van der Waals surface area contributed by atoms with E-state index in [9.17, 15) is 5.11 Å². The third-order valence-electron chi connectivity index (χ3n) is 3.48. The van der Waals surface area contributed by atoms with Crippen LogP contribution in [0.5, 0.6) is 5.75 Å². The second-order valence-corrected chi connectivity index (χ2v) is 4.58. The summed E-state index contributed by atoms with van der Waals surface area (Å²) < 4.78 is 0. The fraction of sp³-hybridized carbons (Fsp3) is 0.125. The predicted molar refractivity (Wildman–Crippen MR) is 73.9 cm³/mol. The molecule has 0 amide bonds. The molecule has 0 aliphatic rings. The van der Waals surface area contributed by atoms with Crippen LogP contribution in [-0.2, 0) is 0 Å². The molecule has 0 saturated heterocycles. The lowest BCUT2D eigenvalue weighted by Gasteiger charge is -2.11. The number of aromatic hydroxyl groups is 1. The summed E-state index contributed by atoms with van der Waals surface area (Å²) >= 11 is 0. The lowest BCUT2D eigenvalue weighted by Crippen LogP contribution is -1.94. The van der Waals surface area contributed by atoms with Gasteiger partial charge in [0.1, 0.15) is 5.75 Å². The van der Waals surface area contributed by atoms with Crippen molar-refractivity contribution in [2.24, 2.45) is 0 Å². The molecule has 3 aromatic rings. The van der Waals surface area contributed by atoms with Gasteiger partial charge in [0.05, 0.1) is 0 Å². The predicted octanol–water partition coefficient (Wildman–Crippen LogP) is 4.03. The number of rotatable bonds is 2. The fourth-order valence-electron chi connectivity index (χ4n) is 2.45. The molecule has 18 heavy (non-hydrogen) atoms. The van der Waals surface area contributed by atoms with Crippen LogP contribution in [-0.4, -0.2) is 10.1 Å². The second kappa shape index (κ2) is 4.22. The highest BCUT2D eigenvalue weighted by atomic mass is 16.3. The molecule has 2 aromatic carbocycles. The molecule has 90 valence electrons. The van der Waals surface area contributed by atoms with Gasteiger partial charge in [0.2, 0.25) is 0 Å². The standard InChI is InChI=1S/C16H15NO/c1-11(12-6-3-2-4-7-12)13-10-17-14-8-5-9-15(18)16(13)14/h2-11,17-18H,1H3. The van der Waals surface area contributed by atoms with Crippen molar-refractivity contribution in [3.63, 3.8) is 0 Å². The second-order valence-electron chi connectivity index (χ2n) is 4.58. The highest BCUT2D eigenvalue weighted by molar-refractivity contribution is 5.89. The summed E-state index contributed by atoms with van der Waals surface area (Å²) in [6.45, 7) is 2.16. The maximum Gasteiger partial charge on any atom is 0.125 e. The van der Waals surface area contributed by atoms with Crippen molar-refractivity contribution in [2.75, 3.05) is 0 Å². The molecule has 0 bridgehead atoms. The van der Waals surface area contributed by atoms with Gasteiger partial charge in [-0.1, -0.05) is 43.3 Å². The van der Waals surface area contributed by atoms with E-state index in [-0.39, 0.29) is 5.92 Å². The normalized spacial score (nSPS) is 12.7. The van der Waals surface area contributed by atoms with Gasteiger partial charge in [-0.15, -0.1) is 0 Å². The largest absolute Gasteiger partial charge is 0.507 e. The van der Waals surface area contributed by atoms with E-state index in [0.29, 0.717) is 5.75 Å². The number of phenols is 1. The van der Waals surface area contributed by atoms with Crippen molar-refractivity contribution in [2.45, 2.75) is 12.8 Å². The van der Waals surface area contributed by atoms with Gasteiger partial charge in [-0.25, -0.2) is 0 Å². The van der Waals surface area contributed by atoms with Crippen LogP contribution < -0.4 is 0 Å². The number of fused-ring (bicyclic) bond motifs is 1. The Morgan fingerprint density at radius 3 is 2.56 bits per heavy atom. The number of nitrogens with one attached hydrogen (secondary N) is 1. The minimum Gasteiger partial charge on any atom is -0.507 e. The van der Waals surface area contributed by atoms with Crippen molar-refractivity contribution in [1.29, 1.82) is 0 Å². The Hall–Kier alpha value is -2.22. The summed E-state index contributed by atoms with van der Waals surface area (Å²) in [4.78, 5) is 3.22. The van der Waals surface area contributed by atoms with E-state index in [4.69, 9.17) is 0 Å². The number of hydrogen-bond donors (Lipinski definition) is 2. The quantitative estimate of drug-likeness (QED) is 0.693. The number of aromatic amines is 1. The maximum atomic E-state index is 10.0. The third-order valence-corrected chi connectivity index (χ3v) is 3.48. The lowest BCUT2D eigenvalue weighted by molar-refractivity contribution is 0.481. The van der Waals surface area contributed by atoms with Crippen molar-refractivity contribution >= 4 is 10.9 Å². The first-order chi connectivity index (χ1) is 8.77. The molecule has 2 heteroatoms. The summed E-state index contributed by atoms with van der Waals surface area (Å²) in [7, 11) is 0. The van der Waals surface area contributed by atoms with E-state index >= 15 is 0 Å². The van der Waals surface area contributed by atoms with Crippen molar-refractivity contribution in [1.82, 2.24) is 4.98 Å². The molecule has 0 radical (unpaired) electrons. The molecule has 1 aromatic heterocycles. The lowest BCUT2D eigenvalue weighted by atomic mass is 9.93. The minimum atomic E-state index is 0.258. The maximum absolute atomic E-state index is 10.0. The van der Waals surface area contributed by atoms with Crippen LogP contribution in [0.15, 0.2) is 54.7 Å². The van der Waals surface area contributed by atoms with Crippen LogP contribution in [0.1, 0.15) is 24.0 Å². The molecule has 1 atom stereocenters. The average Bonchev–Trinajstić information content (AvgIpc) is 2.84. The summed E-state index contributed by atoms with van der Waals surface area (Å²) in [5, 5.41) is 10.9. The number of phenolic OH excluding ortho intramolecular Hbond substituents is 1. The van der Waals surface area contributed by atoms with Crippen LogP contribution in [0.3, 0.4) is 0 Å². The molecule has 2 N–H and O–H groups in total. The Kier molecular flexibility index (Phi) is 2.56. The summed E-state index contributed by atoms with van der Waals surface area (Å²) in [6, 6.07) is 15.9. The van der Waals surface area contributed by atoms with E-state index in [0.717, 1.165) is 16.5 Å². The Bertz CT molecular complexity index is 670. The first-order valence-corrected chi connectivity index (χ1v) is 6.11. The Morgan fingerprint density at radius 2 is 1.78 bits per heavy atom. The zero-order valence-electron chi connectivity index (χ0n) is 10.2. The Balaban J connectivity index is 2.15. The minimum absolute atomic E-state index is 0.258. The van der Waals surface area contributed by atoms with E-state index in [1.807, 2.05) is 36.5 Å². The van der Waals surface area contributed by atoms with Gasteiger partial charge in [0.25, 0.3) is 0 Å². The van der Waals surface area contributed by atoms with Gasteiger partial charge < -0.3 is 10.1 Å². The molecule has 0 spiro atoms. The zero-order valence-corrected chi connectivity index (χ0v) is 10.2. The topological polar surface area (TPSA) is 36.0 Å². The zero-order chi connectivity index (χ0) is 12.5. The average molecular weight is 237 g/mol. The van der Waals surface area contributed by atoms with Crippen LogP contribution >= 0.6 is 0 Å². The third kappa shape index (κ3) is 1.66. The molecular formula is C16H15NO. The molecule has 0 aliphatic carbocycles. The van der Waals surface area contributed by atoms with Gasteiger partial charge in [0, 0.05) is 23.0 Å². The van der Waals surface area contributed by atoms with Crippen molar-refractivity contribution < 1.29 is 5.11 Å². The SMILES string of the molecule is CC(c1ccccc1)c1c[nH]c2cccc(O)c12. The Labute approximate surface area is 106 Å². The highest BCUT2D eigenvalue weighted by Crippen LogP contribution is 2.34. The molecule has 1 unspecified atom stereocenters. The van der Waals surface area contributed by atoms with Crippen LogP contribution in [0.2, 0.25) is 0 Å². The van der Waals surface area contributed by atoms with Crippen LogP contribution in [0.25, 0.3) is 10.9 Å². The van der Waals surface area contributed by atoms with Crippen LogP contribution in [0, 0.1) is 0 Å².